The SMILES string of the molecule is O=S(=O)(N1CCc2cc(O)cc3c2C1CCC3O)C(F)(F)F. The first-order valence-corrected chi connectivity index (χ1v) is 8.19. The summed E-state index contributed by atoms with van der Waals surface area (Å²) in [6.07, 6.45) is -0.591. The fourth-order valence-corrected chi connectivity index (χ4v) is 4.46. The topological polar surface area (TPSA) is 77.8 Å². The summed E-state index contributed by atoms with van der Waals surface area (Å²) in [6, 6.07) is 1.76. The molecule has 22 heavy (non-hydrogen) atoms. The highest BCUT2D eigenvalue weighted by Crippen LogP contribution is 2.47. The van der Waals surface area contributed by atoms with Crippen molar-refractivity contribution in [3.8, 4) is 5.75 Å². The van der Waals surface area contributed by atoms with Gasteiger partial charge in [-0.2, -0.15) is 17.5 Å². The number of hydrogen-bond donors (Lipinski definition) is 2. The molecule has 9 heteroatoms. The molecule has 0 saturated heterocycles. The molecule has 2 N–H and O–H groups in total. The molecular weight excluding hydrogens is 323 g/mol. The number of phenols is 1. The highest BCUT2D eigenvalue weighted by Gasteiger charge is 2.53. The van der Waals surface area contributed by atoms with E-state index in [0.29, 0.717) is 21.0 Å². The van der Waals surface area contributed by atoms with Crippen LogP contribution < -0.4 is 0 Å². The summed E-state index contributed by atoms with van der Waals surface area (Å²) in [5.74, 6) is -0.0828. The maximum Gasteiger partial charge on any atom is 0.511 e. The summed E-state index contributed by atoms with van der Waals surface area (Å²) >= 11 is 0. The van der Waals surface area contributed by atoms with Gasteiger partial charge in [-0.3, -0.25) is 0 Å². The predicted molar refractivity (Wildman–Crippen MR) is 70.4 cm³/mol. The van der Waals surface area contributed by atoms with E-state index in [9.17, 15) is 31.8 Å². The average Bonchev–Trinajstić information content (AvgIpc) is 2.40. The van der Waals surface area contributed by atoms with Gasteiger partial charge >= 0.3 is 15.5 Å². The fourth-order valence-electron chi connectivity index (χ4n) is 3.32. The minimum absolute atomic E-state index is 0.0647. The molecule has 0 spiro atoms. The highest BCUT2D eigenvalue weighted by atomic mass is 32.2. The molecule has 1 heterocycles. The quantitative estimate of drug-likeness (QED) is 0.821. The van der Waals surface area contributed by atoms with Crippen molar-refractivity contribution in [2.24, 2.45) is 0 Å². The number of nitrogens with zero attached hydrogens (tertiary/aromatic N) is 1. The van der Waals surface area contributed by atoms with E-state index in [1.54, 1.807) is 0 Å². The molecule has 0 fully saturated rings. The van der Waals surface area contributed by atoms with Crippen LogP contribution >= 0.6 is 0 Å². The Morgan fingerprint density at radius 2 is 1.91 bits per heavy atom. The number of phenolic OH excluding ortho intramolecular Hbond substituents is 1. The first kappa shape index (κ1) is 15.6. The summed E-state index contributed by atoms with van der Waals surface area (Å²) in [5.41, 5.74) is -4.05. The summed E-state index contributed by atoms with van der Waals surface area (Å²) in [7, 11) is -5.42. The number of benzene rings is 1. The third-order valence-corrected chi connectivity index (χ3v) is 5.88. The first-order chi connectivity index (χ1) is 10.1. The monoisotopic (exact) mass is 337 g/mol. The smallest absolute Gasteiger partial charge is 0.508 e. The number of alkyl halides is 3. The van der Waals surface area contributed by atoms with Crippen molar-refractivity contribution < 1.29 is 31.8 Å². The molecule has 1 aliphatic carbocycles. The third kappa shape index (κ3) is 2.19. The minimum Gasteiger partial charge on any atom is -0.508 e. The maximum atomic E-state index is 12.8. The molecule has 2 unspecified atom stereocenters. The zero-order chi connectivity index (χ0) is 16.3. The van der Waals surface area contributed by atoms with Gasteiger partial charge < -0.3 is 10.2 Å². The van der Waals surface area contributed by atoms with Crippen molar-refractivity contribution in [3.63, 3.8) is 0 Å². The Labute approximate surface area is 125 Å². The third-order valence-electron chi connectivity index (χ3n) is 4.24. The molecule has 2 atom stereocenters. The number of aliphatic hydroxyl groups excluding tert-OH is 1. The first-order valence-electron chi connectivity index (χ1n) is 6.75. The lowest BCUT2D eigenvalue weighted by atomic mass is 9.80. The van der Waals surface area contributed by atoms with Crippen LogP contribution in [0.15, 0.2) is 12.1 Å². The molecule has 0 bridgehead atoms. The number of halogens is 3. The molecule has 1 aromatic rings. The Hall–Kier alpha value is -1.32. The fraction of sp³-hybridized carbons (Fsp3) is 0.538. The lowest BCUT2D eigenvalue weighted by Crippen LogP contribution is -2.47. The van der Waals surface area contributed by atoms with Crippen LogP contribution in [0.3, 0.4) is 0 Å². The molecule has 0 aromatic heterocycles. The maximum absolute atomic E-state index is 12.8. The molecule has 0 radical (unpaired) electrons. The second kappa shape index (κ2) is 4.84. The van der Waals surface area contributed by atoms with E-state index in [-0.39, 0.29) is 31.6 Å². The summed E-state index contributed by atoms with van der Waals surface area (Å²) in [6.45, 7) is -0.293. The Kier molecular flexibility index (Phi) is 3.42. The van der Waals surface area contributed by atoms with Gasteiger partial charge in [-0.25, -0.2) is 8.42 Å². The van der Waals surface area contributed by atoms with E-state index < -0.39 is 27.7 Å². The molecule has 1 aromatic carbocycles. The van der Waals surface area contributed by atoms with Crippen LogP contribution in [0.1, 0.15) is 41.7 Å². The van der Waals surface area contributed by atoms with Gasteiger partial charge in [0, 0.05) is 6.54 Å². The second-order valence-corrected chi connectivity index (χ2v) is 7.41. The highest BCUT2D eigenvalue weighted by molar-refractivity contribution is 7.90. The van der Waals surface area contributed by atoms with Crippen molar-refractivity contribution >= 4 is 10.0 Å². The van der Waals surface area contributed by atoms with E-state index in [0.717, 1.165) is 0 Å². The minimum atomic E-state index is -5.42. The van der Waals surface area contributed by atoms with Crippen LogP contribution in [0.4, 0.5) is 13.2 Å². The van der Waals surface area contributed by atoms with Crippen molar-refractivity contribution in [2.45, 2.75) is 36.9 Å². The lowest BCUT2D eigenvalue weighted by Gasteiger charge is -2.41. The summed E-state index contributed by atoms with van der Waals surface area (Å²) < 4.78 is 62.5. The van der Waals surface area contributed by atoms with Crippen LogP contribution in [0.25, 0.3) is 0 Å². The van der Waals surface area contributed by atoms with Crippen LogP contribution in [0.2, 0.25) is 0 Å². The lowest BCUT2D eigenvalue weighted by molar-refractivity contribution is -0.0508. The van der Waals surface area contributed by atoms with Crippen molar-refractivity contribution in [2.75, 3.05) is 6.54 Å². The van der Waals surface area contributed by atoms with Crippen molar-refractivity contribution in [1.29, 1.82) is 0 Å². The molecular formula is C13H14F3NO4S. The van der Waals surface area contributed by atoms with Gasteiger partial charge in [-0.15, -0.1) is 0 Å². The van der Waals surface area contributed by atoms with E-state index in [1.165, 1.54) is 12.1 Å². The molecule has 2 aliphatic rings. The van der Waals surface area contributed by atoms with Crippen LogP contribution in [-0.2, 0) is 16.4 Å². The second-order valence-electron chi connectivity index (χ2n) is 5.53. The van der Waals surface area contributed by atoms with E-state index >= 15 is 0 Å². The van der Waals surface area contributed by atoms with Gasteiger partial charge in [0.25, 0.3) is 0 Å². The molecule has 1 aliphatic heterocycles. The van der Waals surface area contributed by atoms with E-state index in [2.05, 4.69) is 0 Å². The average molecular weight is 337 g/mol. The number of hydrogen-bond acceptors (Lipinski definition) is 4. The van der Waals surface area contributed by atoms with Gasteiger partial charge in [-0.1, -0.05) is 0 Å². The summed E-state index contributed by atoms with van der Waals surface area (Å²) in [5, 5.41) is 19.7. The molecule has 0 saturated carbocycles. The van der Waals surface area contributed by atoms with Gasteiger partial charge in [0.15, 0.2) is 0 Å². The van der Waals surface area contributed by atoms with Gasteiger partial charge in [-0.05, 0) is 48.1 Å². The Balaban J connectivity index is 2.14. The van der Waals surface area contributed by atoms with Gasteiger partial charge in [0.1, 0.15) is 5.75 Å². The zero-order valence-corrected chi connectivity index (χ0v) is 12.2. The standard InChI is InChI=1S/C13H14F3NO4S/c14-13(15,16)22(20,21)17-4-3-7-5-8(18)6-9-11(19)2-1-10(17)12(7)9/h5-6,10-11,18-19H,1-4H2. The molecule has 3 rings (SSSR count). The molecule has 122 valence electrons. The normalized spacial score (nSPS) is 25.8. The number of rotatable bonds is 1. The molecule has 5 nitrogen and oxygen atoms in total. The van der Waals surface area contributed by atoms with E-state index in [1.807, 2.05) is 0 Å². The Morgan fingerprint density at radius 3 is 2.55 bits per heavy atom. The molecule has 0 amide bonds. The van der Waals surface area contributed by atoms with Crippen LogP contribution in [0.5, 0.6) is 5.75 Å². The number of aromatic hydroxyl groups is 1. The van der Waals surface area contributed by atoms with Gasteiger partial charge in [0.2, 0.25) is 0 Å². The van der Waals surface area contributed by atoms with Crippen molar-refractivity contribution in [1.82, 2.24) is 4.31 Å². The largest absolute Gasteiger partial charge is 0.511 e. The Morgan fingerprint density at radius 1 is 1.23 bits per heavy atom. The van der Waals surface area contributed by atoms with Crippen molar-refractivity contribution in [3.05, 3.63) is 28.8 Å². The van der Waals surface area contributed by atoms with Crippen LogP contribution in [-0.4, -0.2) is 35.0 Å². The van der Waals surface area contributed by atoms with Gasteiger partial charge in [0.05, 0.1) is 12.1 Å². The van der Waals surface area contributed by atoms with Crippen LogP contribution in [0, 0.1) is 0 Å². The number of sulfonamides is 1. The predicted octanol–water partition coefficient (Wildman–Crippen LogP) is 1.97. The zero-order valence-electron chi connectivity index (χ0n) is 11.3. The Bertz CT molecular complexity index is 717. The van der Waals surface area contributed by atoms with E-state index in [4.69, 9.17) is 0 Å². The summed E-state index contributed by atoms with van der Waals surface area (Å²) in [4.78, 5) is 0. The number of aliphatic hydroxyl groups is 1.